The van der Waals surface area contributed by atoms with Crippen LogP contribution in [0.2, 0.25) is 0 Å². The van der Waals surface area contributed by atoms with Crippen LogP contribution in [0, 0.1) is 0 Å². The molecule has 6 heteroatoms. The summed E-state index contributed by atoms with van der Waals surface area (Å²) < 4.78 is 33.7. The molecule has 1 unspecified atom stereocenters. The van der Waals surface area contributed by atoms with E-state index in [9.17, 15) is 13.0 Å². The van der Waals surface area contributed by atoms with Gasteiger partial charge >= 0.3 is 10.3 Å². The van der Waals surface area contributed by atoms with Crippen LogP contribution in [0.1, 0.15) is 11.7 Å². The van der Waals surface area contributed by atoms with Gasteiger partial charge in [0.05, 0.1) is 11.4 Å². The van der Waals surface area contributed by atoms with Crippen LogP contribution in [-0.4, -0.2) is 13.0 Å². The number of nitrogens with zero attached hydrogens (tertiary/aromatic N) is 1. The van der Waals surface area contributed by atoms with Crippen molar-refractivity contribution in [1.82, 2.24) is 0 Å². The van der Waals surface area contributed by atoms with Gasteiger partial charge in [-0.3, -0.25) is 4.55 Å². The molecule has 1 heterocycles. The minimum absolute atomic E-state index is 0.443. The van der Waals surface area contributed by atoms with Gasteiger partial charge in [0.2, 0.25) is 0 Å². The maximum Gasteiger partial charge on any atom is 0.362 e. The van der Waals surface area contributed by atoms with Gasteiger partial charge < -0.3 is 5.32 Å². The Balaban J connectivity index is 2.14. The third-order valence-electron chi connectivity index (χ3n) is 3.03. The van der Waals surface area contributed by atoms with E-state index in [1.54, 1.807) is 24.3 Å². The Hall–Kier alpha value is -2.05. The highest BCUT2D eigenvalue weighted by Crippen LogP contribution is 2.42. The maximum absolute atomic E-state index is 11.6. The Morgan fingerprint density at radius 2 is 1.63 bits per heavy atom. The summed E-state index contributed by atoms with van der Waals surface area (Å²) in [6.07, 6.45) is -0.631. The minimum Gasteiger partial charge on any atom is -0.359 e. The van der Waals surface area contributed by atoms with Crippen LogP contribution in [0.5, 0.6) is 0 Å². The summed E-state index contributed by atoms with van der Waals surface area (Å²) in [7, 11) is -4.34. The summed E-state index contributed by atoms with van der Waals surface area (Å²) in [5, 5.41) is 3.09. The number of para-hydroxylation sites is 2. The Morgan fingerprint density at radius 3 is 2.32 bits per heavy atom. The highest BCUT2D eigenvalue weighted by molar-refractivity contribution is 7.87. The highest BCUT2D eigenvalue weighted by atomic mass is 32.2. The normalized spacial score (nSPS) is 17.9. The SMILES string of the molecule is O=S(=O)(O)N1c2ccccc2NC1c1ccccc1. The van der Waals surface area contributed by atoms with E-state index >= 15 is 0 Å². The molecule has 19 heavy (non-hydrogen) atoms. The van der Waals surface area contributed by atoms with Gasteiger partial charge in [-0.2, -0.15) is 8.42 Å². The first-order valence-corrected chi connectivity index (χ1v) is 7.14. The lowest BCUT2D eigenvalue weighted by Crippen LogP contribution is -2.33. The molecule has 0 aliphatic carbocycles. The second-order valence-corrected chi connectivity index (χ2v) is 5.54. The monoisotopic (exact) mass is 276 g/mol. The fourth-order valence-corrected chi connectivity index (χ4v) is 3.09. The van der Waals surface area contributed by atoms with E-state index in [2.05, 4.69) is 5.32 Å². The Morgan fingerprint density at radius 1 is 1.00 bits per heavy atom. The van der Waals surface area contributed by atoms with Crippen molar-refractivity contribution in [1.29, 1.82) is 0 Å². The van der Waals surface area contributed by atoms with Gasteiger partial charge in [0, 0.05) is 0 Å². The first-order chi connectivity index (χ1) is 9.07. The van der Waals surface area contributed by atoms with Crippen LogP contribution in [0.4, 0.5) is 11.4 Å². The summed E-state index contributed by atoms with van der Waals surface area (Å²) in [6, 6.07) is 16.1. The van der Waals surface area contributed by atoms with E-state index in [0.29, 0.717) is 11.4 Å². The van der Waals surface area contributed by atoms with Gasteiger partial charge in [-0.25, -0.2) is 4.31 Å². The van der Waals surface area contributed by atoms with Gasteiger partial charge in [0.25, 0.3) is 0 Å². The van der Waals surface area contributed by atoms with Crippen molar-refractivity contribution in [3.8, 4) is 0 Å². The average molecular weight is 276 g/mol. The van der Waals surface area contributed by atoms with Crippen LogP contribution in [0.15, 0.2) is 54.6 Å². The van der Waals surface area contributed by atoms with Gasteiger partial charge in [0.1, 0.15) is 6.17 Å². The Kier molecular flexibility index (Phi) is 2.69. The quantitative estimate of drug-likeness (QED) is 0.826. The standard InChI is InChI=1S/C13H12N2O3S/c16-19(17,18)15-12-9-5-4-8-11(12)14-13(15)10-6-2-1-3-7-10/h1-9,13-14H,(H,16,17,18). The van der Waals surface area contributed by atoms with Crippen molar-refractivity contribution >= 4 is 21.7 Å². The van der Waals surface area contributed by atoms with E-state index < -0.39 is 16.5 Å². The highest BCUT2D eigenvalue weighted by Gasteiger charge is 2.37. The minimum atomic E-state index is -4.34. The number of nitrogens with one attached hydrogen (secondary N) is 1. The molecule has 2 aromatic rings. The number of rotatable bonds is 2. The molecule has 0 fully saturated rings. The van der Waals surface area contributed by atoms with Crippen LogP contribution in [0.3, 0.4) is 0 Å². The lowest BCUT2D eigenvalue weighted by Gasteiger charge is -2.23. The van der Waals surface area contributed by atoms with Crippen LogP contribution < -0.4 is 9.62 Å². The van der Waals surface area contributed by atoms with Crippen molar-refractivity contribution in [2.24, 2.45) is 0 Å². The molecule has 0 saturated carbocycles. The summed E-state index contributed by atoms with van der Waals surface area (Å²) in [5.74, 6) is 0. The molecule has 0 saturated heterocycles. The number of benzene rings is 2. The van der Waals surface area contributed by atoms with Crippen molar-refractivity contribution in [2.75, 3.05) is 9.62 Å². The van der Waals surface area contributed by atoms with E-state index in [1.165, 1.54) is 0 Å². The van der Waals surface area contributed by atoms with Gasteiger partial charge in [-0.15, -0.1) is 0 Å². The number of fused-ring (bicyclic) bond motifs is 1. The Labute approximate surface area is 111 Å². The molecule has 1 atom stereocenters. The Bertz CT molecular complexity index is 701. The van der Waals surface area contributed by atoms with E-state index in [4.69, 9.17) is 0 Å². The van der Waals surface area contributed by atoms with Crippen LogP contribution >= 0.6 is 0 Å². The zero-order chi connectivity index (χ0) is 13.5. The van der Waals surface area contributed by atoms with Gasteiger partial charge in [-0.05, 0) is 17.7 Å². The third kappa shape index (κ3) is 2.05. The molecule has 98 valence electrons. The molecule has 0 radical (unpaired) electrons. The molecule has 0 aromatic heterocycles. The fourth-order valence-electron chi connectivity index (χ4n) is 2.24. The predicted molar refractivity (Wildman–Crippen MR) is 73.3 cm³/mol. The second-order valence-electron chi connectivity index (χ2n) is 4.25. The lowest BCUT2D eigenvalue weighted by atomic mass is 10.2. The van der Waals surface area contributed by atoms with Crippen LogP contribution in [-0.2, 0) is 10.3 Å². The summed E-state index contributed by atoms with van der Waals surface area (Å²) in [6.45, 7) is 0. The van der Waals surface area contributed by atoms with Crippen molar-refractivity contribution < 1.29 is 13.0 Å². The topological polar surface area (TPSA) is 69.6 Å². The zero-order valence-electron chi connectivity index (χ0n) is 9.89. The van der Waals surface area contributed by atoms with Gasteiger partial charge in [0.15, 0.2) is 0 Å². The largest absolute Gasteiger partial charge is 0.362 e. The molecule has 3 rings (SSSR count). The molecule has 1 aliphatic heterocycles. The van der Waals surface area contributed by atoms with E-state index in [0.717, 1.165) is 9.87 Å². The smallest absolute Gasteiger partial charge is 0.359 e. The first kappa shape index (κ1) is 12.0. The predicted octanol–water partition coefficient (Wildman–Crippen LogP) is 2.42. The molecule has 1 aliphatic rings. The summed E-state index contributed by atoms with van der Waals surface area (Å²) in [4.78, 5) is 0. The maximum atomic E-state index is 11.6. The summed E-state index contributed by atoms with van der Waals surface area (Å²) in [5.41, 5.74) is 1.88. The number of hydrogen-bond acceptors (Lipinski definition) is 3. The molecule has 0 spiro atoms. The van der Waals surface area contributed by atoms with Crippen molar-refractivity contribution in [2.45, 2.75) is 6.17 Å². The summed E-state index contributed by atoms with van der Waals surface area (Å²) >= 11 is 0. The fraction of sp³-hybridized carbons (Fsp3) is 0.0769. The molecule has 2 aromatic carbocycles. The van der Waals surface area contributed by atoms with E-state index in [1.807, 2.05) is 30.3 Å². The molecule has 5 nitrogen and oxygen atoms in total. The number of hydrogen-bond donors (Lipinski definition) is 2. The van der Waals surface area contributed by atoms with Crippen molar-refractivity contribution in [3.05, 3.63) is 60.2 Å². The first-order valence-electron chi connectivity index (χ1n) is 5.75. The molecule has 2 N–H and O–H groups in total. The molecule has 0 amide bonds. The second kappa shape index (κ2) is 4.25. The van der Waals surface area contributed by atoms with Crippen molar-refractivity contribution in [3.63, 3.8) is 0 Å². The third-order valence-corrected chi connectivity index (χ3v) is 3.94. The molecule has 0 bridgehead atoms. The van der Waals surface area contributed by atoms with Gasteiger partial charge in [-0.1, -0.05) is 42.5 Å². The molecular formula is C13H12N2O3S. The molecular weight excluding hydrogens is 264 g/mol. The van der Waals surface area contributed by atoms with Crippen LogP contribution in [0.25, 0.3) is 0 Å². The number of anilines is 2. The average Bonchev–Trinajstić information content (AvgIpc) is 2.79. The van der Waals surface area contributed by atoms with E-state index in [-0.39, 0.29) is 0 Å². The zero-order valence-corrected chi connectivity index (χ0v) is 10.7. The lowest BCUT2D eigenvalue weighted by molar-refractivity contribution is 0.474.